The zero-order chi connectivity index (χ0) is 9.97. The monoisotopic (exact) mass is 190 g/mol. The lowest BCUT2D eigenvalue weighted by Gasteiger charge is -2.17. The number of carbonyl (C=O) groups excluding carboxylic acids is 1. The number of aromatic nitrogens is 1. The molecule has 74 valence electrons. The second-order valence-corrected chi connectivity index (χ2v) is 3.90. The second kappa shape index (κ2) is 3.78. The van der Waals surface area contributed by atoms with Crippen molar-refractivity contribution in [2.24, 2.45) is 5.92 Å². The zero-order valence-electron chi connectivity index (χ0n) is 8.31. The van der Waals surface area contributed by atoms with Gasteiger partial charge in [0.15, 0.2) is 6.29 Å². The molecule has 2 rings (SSSR count). The highest BCUT2D eigenvalue weighted by Gasteiger charge is 2.18. The van der Waals surface area contributed by atoms with E-state index in [2.05, 4.69) is 16.8 Å². The molecule has 1 atom stereocenters. The van der Waals surface area contributed by atoms with Gasteiger partial charge < -0.3 is 4.90 Å². The largest absolute Gasteiger partial charge is 0.370 e. The third-order valence-electron chi connectivity index (χ3n) is 2.68. The molecule has 2 heterocycles. The maximum absolute atomic E-state index is 10.4. The fraction of sp³-hybridized carbons (Fsp3) is 0.455. The van der Waals surface area contributed by atoms with E-state index in [0.29, 0.717) is 5.69 Å². The van der Waals surface area contributed by atoms with Crippen LogP contribution in [-0.2, 0) is 0 Å². The Bertz CT molecular complexity index is 321. The van der Waals surface area contributed by atoms with E-state index in [1.165, 1.54) is 6.42 Å². The van der Waals surface area contributed by atoms with Gasteiger partial charge in [-0.3, -0.25) is 9.78 Å². The molecule has 0 saturated carbocycles. The van der Waals surface area contributed by atoms with E-state index in [1.54, 1.807) is 12.3 Å². The first-order valence-electron chi connectivity index (χ1n) is 4.96. The molecule has 0 aliphatic carbocycles. The quantitative estimate of drug-likeness (QED) is 0.666. The topological polar surface area (TPSA) is 33.2 Å². The minimum Gasteiger partial charge on any atom is -0.370 e. The third-order valence-corrected chi connectivity index (χ3v) is 2.68. The lowest BCUT2D eigenvalue weighted by Crippen LogP contribution is -2.19. The zero-order valence-corrected chi connectivity index (χ0v) is 8.31. The maximum atomic E-state index is 10.4. The van der Waals surface area contributed by atoms with Crippen molar-refractivity contribution in [3.05, 3.63) is 24.0 Å². The predicted molar refractivity (Wildman–Crippen MR) is 55.6 cm³/mol. The number of nitrogens with zero attached hydrogens (tertiary/aromatic N) is 2. The molecule has 3 nitrogen and oxygen atoms in total. The van der Waals surface area contributed by atoms with Crippen molar-refractivity contribution in [3.8, 4) is 0 Å². The molecule has 0 radical (unpaired) electrons. The Morgan fingerprint density at radius 1 is 1.57 bits per heavy atom. The molecule has 0 bridgehead atoms. The fourth-order valence-electron chi connectivity index (χ4n) is 1.82. The van der Waals surface area contributed by atoms with Gasteiger partial charge in [0.05, 0.1) is 11.9 Å². The van der Waals surface area contributed by atoms with Gasteiger partial charge in [-0.05, 0) is 24.5 Å². The summed E-state index contributed by atoms with van der Waals surface area (Å²) in [7, 11) is 0. The average Bonchev–Trinajstić information content (AvgIpc) is 2.65. The van der Waals surface area contributed by atoms with Crippen LogP contribution in [0.15, 0.2) is 18.3 Å². The van der Waals surface area contributed by atoms with Gasteiger partial charge in [0.25, 0.3) is 0 Å². The van der Waals surface area contributed by atoms with Crippen LogP contribution in [0.4, 0.5) is 5.69 Å². The molecule has 1 aliphatic rings. The van der Waals surface area contributed by atoms with Gasteiger partial charge in [-0.25, -0.2) is 0 Å². The summed E-state index contributed by atoms with van der Waals surface area (Å²) in [6, 6.07) is 3.74. The van der Waals surface area contributed by atoms with Gasteiger partial charge in [0, 0.05) is 13.1 Å². The molecule has 1 aliphatic heterocycles. The number of rotatable bonds is 2. The lowest BCUT2D eigenvalue weighted by atomic mass is 10.2. The van der Waals surface area contributed by atoms with E-state index in [1.807, 2.05) is 6.07 Å². The molecular weight excluding hydrogens is 176 g/mol. The number of carbonyl (C=O) groups is 1. The van der Waals surface area contributed by atoms with Crippen LogP contribution in [0.3, 0.4) is 0 Å². The van der Waals surface area contributed by atoms with E-state index >= 15 is 0 Å². The summed E-state index contributed by atoms with van der Waals surface area (Å²) >= 11 is 0. The Hall–Kier alpha value is -1.38. The second-order valence-electron chi connectivity index (χ2n) is 3.90. The number of hydrogen-bond donors (Lipinski definition) is 0. The summed E-state index contributed by atoms with van der Waals surface area (Å²) in [4.78, 5) is 16.8. The molecule has 0 aromatic carbocycles. The number of pyridine rings is 1. The summed E-state index contributed by atoms with van der Waals surface area (Å²) in [5, 5.41) is 0. The van der Waals surface area contributed by atoms with Crippen LogP contribution >= 0.6 is 0 Å². The van der Waals surface area contributed by atoms with Crippen LogP contribution in [0.5, 0.6) is 0 Å². The Morgan fingerprint density at radius 2 is 2.43 bits per heavy atom. The SMILES string of the molecule is CC1CCN(c2ccc(C=O)nc2)C1. The van der Waals surface area contributed by atoms with Gasteiger partial charge in [-0.15, -0.1) is 0 Å². The van der Waals surface area contributed by atoms with E-state index < -0.39 is 0 Å². The molecule has 1 aromatic heterocycles. The summed E-state index contributed by atoms with van der Waals surface area (Å²) in [5.41, 5.74) is 1.63. The fourth-order valence-corrected chi connectivity index (χ4v) is 1.82. The number of hydrogen-bond acceptors (Lipinski definition) is 3. The molecule has 3 heteroatoms. The van der Waals surface area contributed by atoms with Crippen LogP contribution in [-0.4, -0.2) is 24.4 Å². The van der Waals surface area contributed by atoms with Crippen LogP contribution in [0, 0.1) is 5.92 Å². The van der Waals surface area contributed by atoms with Crippen LogP contribution < -0.4 is 4.90 Å². The number of anilines is 1. The number of aldehydes is 1. The third kappa shape index (κ3) is 1.76. The first kappa shape index (κ1) is 9.19. The Morgan fingerprint density at radius 3 is 2.93 bits per heavy atom. The highest BCUT2D eigenvalue weighted by molar-refractivity contribution is 5.72. The van der Waals surface area contributed by atoms with Gasteiger partial charge in [-0.2, -0.15) is 0 Å². The Balaban J connectivity index is 2.13. The normalized spacial score (nSPS) is 21.2. The molecule has 14 heavy (non-hydrogen) atoms. The van der Waals surface area contributed by atoms with Crippen molar-refractivity contribution in [1.82, 2.24) is 4.98 Å². The van der Waals surface area contributed by atoms with E-state index in [9.17, 15) is 4.79 Å². The summed E-state index contributed by atoms with van der Waals surface area (Å²) in [5.74, 6) is 0.765. The molecular formula is C11H14N2O. The maximum Gasteiger partial charge on any atom is 0.168 e. The first-order chi connectivity index (χ1) is 6.79. The Labute approximate surface area is 83.8 Å². The summed E-state index contributed by atoms with van der Waals surface area (Å²) in [6.07, 6.45) is 3.80. The molecule has 0 spiro atoms. The molecule has 0 N–H and O–H groups in total. The highest BCUT2D eigenvalue weighted by Crippen LogP contribution is 2.22. The van der Waals surface area contributed by atoms with E-state index in [0.717, 1.165) is 31.0 Å². The van der Waals surface area contributed by atoms with Crippen molar-refractivity contribution in [2.75, 3.05) is 18.0 Å². The van der Waals surface area contributed by atoms with Gasteiger partial charge >= 0.3 is 0 Å². The molecule has 1 unspecified atom stereocenters. The van der Waals surface area contributed by atoms with Crippen LogP contribution in [0.25, 0.3) is 0 Å². The van der Waals surface area contributed by atoms with Gasteiger partial charge in [-0.1, -0.05) is 6.92 Å². The molecule has 1 saturated heterocycles. The van der Waals surface area contributed by atoms with Crippen LogP contribution in [0.1, 0.15) is 23.8 Å². The lowest BCUT2D eigenvalue weighted by molar-refractivity contribution is 0.111. The average molecular weight is 190 g/mol. The van der Waals surface area contributed by atoms with Crippen molar-refractivity contribution in [2.45, 2.75) is 13.3 Å². The molecule has 1 aromatic rings. The smallest absolute Gasteiger partial charge is 0.168 e. The van der Waals surface area contributed by atoms with E-state index in [4.69, 9.17) is 0 Å². The molecule has 0 amide bonds. The minimum atomic E-state index is 0.501. The summed E-state index contributed by atoms with van der Waals surface area (Å²) < 4.78 is 0. The van der Waals surface area contributed by atoms with E-state index in [-0.39, 0.29) is 0 Å². The van der Waals surface area contributed by atoms with Gasteiger partial charge in [0.1, 0.15) is 5.69 Å². The van der Waals surface area contributed by atoms with Crippen LogP contribution in [0.2, 0.25) is 0 Å². The van der Waals surface area contributed by atoms with Crippen molar-refractivity contribution >= 4 is 12.0 Å². The van der Waals surface area contributed by atoms with Crippen molar-refractivity contribution in [1.29, 1.82) is 0 Å². The highest BCUT2D eigenvalue weighted by atomic mass is 16.1. The standard InChI is InChI=1S/C11H14N2O/c1-9-4-5-13(7-9)11-3-2-10(8-14)12-6-11/h2-3,6,8-9H,4-5,7H2,1H3. The molecule has 1 fully saturated rings. The minimum absolute atomic E-state index is 0.501. The van der Waals surface area contributed by atoms with Crippen molar-refractivity contribution in [3.63, 3.8) is 0 Å². The van der Waals surface area contributed by atoms with Crippen molar-refractivity contribution < 1.29 is 4.79 Å². The summed E-state index contributed by atoms with van der Waals surface area (Å²) in [6.45, 7) is 4.46. The first-order valence-corrected chi connectivity index (χ1v) is 4.96. The Kier molecular flexibility index (Phi) is 2.48. The predicted octanol–water partition coefficient (Wildman–Crippen LogP) is 1.74. The van der Waals surface area contributed by atoms with Gasteiger partial charge in [0.2, 0.25) is 0 Å².